The highest BCUT2D eigenvalue weighted by molar-refractivity contribution is 5.71. The Balaban J connectivity index is 4.37. The van der Waals surface area contributed by atoms with Gasteiger partial charge in [-0.05, 0) is 77.0 Å². The molecule has 0 amide bonds. The molecule has 61 heavy (non-hydrogen) atoms. The van der Waals surface area contributed by atoms with Crippen LogP contribution in [0.3, 0.4) is 0 Å². The van der Waals surface area contributed by atoms with Crippen LogP contribution in [-0.4, -0.2) is 37.2 Å². The highest BCUT2D eigenvalue weighted by Gasteiger charge is 2.19. The monoisotopic (exact) mass is 857 g/mol. The normalized spacial score (nSPS) is 12.2. The van der Waals surface area contributed by atoms with E-state index >= 15 is 0 Å². The molecule has 0 saturated carbocycles. The fraction of sp³-hybridized carbons (Fsp3) is 0.836. The summed E-state index contributed by atoms with van der Waals surface area (Å²) in [4.78, 5) is 38.0. The molecular formula is C55H100O6. The molecule has 0 fully saturated rings. The largest absolute Gasteiger partial charge is 0.462 e. The molecule has 6 nitrogen and oxygen atoms in total. The summed E-state index contributed by atoms with van der Waals surface area (Å²) in [7, 11) is 0. The minimum Gasteiger partial charge on any atom is -0.462 e. The zero-order valence-electron chi connectivity index (χ0n) is 40.7. The molecule has 0 aliphatic rings. The first kappa shape index (κ1) is 58.6. The molecule has 0 spiro atoms. The van der Waals surface area contributed by atoms with Crippen molar-refractivity contribution in [2.45, 2.75) is 284 Å². The van der Waals surface area contributed by atoms with Crippen LogP contribution in [0.4, 0.5) is 0 Å². The summed E-state index contributed by atoms with van der Waals surface area (Å²) in [6, 6.07) is 0. The smallest absolute Gasteiger partial charge is 0.306 e. The molecule has 0 bridgehead atoms. The van der Waals surface area contributed by atoms with Crippen molar-refractivity contribution in [1.29, 1.82) is 0 Å². The lowest BCUT2D eigenvalue weighted by molar-refractivity contribution is -0.167. The molecule has 0 N–H and O–H groups in total. The van der Waals surface area contributed by atoms with Crippen molar-refractivity contribution in [3.8, 4) is 0 Å². The standard InChI is InChI=1S/C55H100O6/c1-4-7-10-13-16-19-22-25-27-30-32-35-38-41-44-47-53(56)59-50-52(61-55(58)49-46-43-40-37-34-29-24-21-18-15-12-9-6-3)51-60-54(57)48-45-42-39-36-33-31-28-26-23-20-17-14-11-8-5-2/h16,19-20,23,25,27,52H,4-15,17-18,21-22,24,26,28-51H2,1-3H3/b19-16-,23-20-,27-25-/t52-/m0/s1. The zero-order valence-corrected chi connectivity index (χ0v) is 40.7. The Kier molecular flexibility index (Phi) is 48.3. The zero-order chi connectivity index (χ0) is 44.4. The Morgan fingerprint density at radius 3 is 0.967 bits per heavy atom. The highest BCUT2D eigenvalue weighted by Crippen LogP contribution is 2.15. The number of esters is 3. The van der Waals surface area contributed by atoms with Crippen LogP contribution >= 0.6 is 0 Å². The summed E-state index contributed by atoms with van der Waals surface area (Å²) in [5, 5.41) is 0. The maximum atomic E-state index is 12.8. The maximum absolute atomic E-state index is 12.8. The molecule has 0 unspecified atom stereocenters. The van der Waals surface area contributed by atoms with Gasteiger partial charge in [0.05, 0.1) is 0 Å². The van der Waals surface area contributed by atoms with Crippen molar-refractivity contribution < 1.29 is 28.6 Å². The molecule has 6 heteroatoms. The number of carbonyl (C=O) groups is 3. The number of rotatable bonds is 48. The van der Waals surface area contributed by atoms with Crippen molar-refractivity contribution in [3.05, 3.63) is 36.5 Å². The van der Waals surface area contributed by atoms with Crippen LogP contribution < -0.4 is 0 Å². The number of hydrogen-bond acceptors (Lipinski definition) is 6. The van der Waals surface area contributed by atoms with Gasteiger partial charge in [0.15, 0.2) is 6.10 Å². The Hall–Kier alpha value is -2.37. The predicted octanol–water partition coefficient (Wildman–Crippen LogP) is 17.3. The van der Waals surface area contributed by atoms with Crippen LogP contribution in [0.15, 0.2) is 36.5 Å². The Morgan fingerprint density at radius 1 is 0.328 bits per heavy atom. The molecule has 0 aliphatic heterocycles. The number of unbranched alkanes of at least 4 members (excludes halogenated alkanes) is 31. The summed E-state index contributed by atoms with van der Waals surface area (Å²) in [5.74, 6) is -0.883. The molecule has 1 atom stereocenters. The van der Waals surface area contributed by atoms with E-state index in [2.05, 4.69) is 57.2 Å². The van der Waals surface area contributed by atoms with Gasteiger partial charge in [-0.25, -0.2) is 0 Å². The van der Waals surface area contributed by atoms with E-state index in [-0.39, 0.29) is 31.1 Å². The number of carbonyl (C=O) groups excluding carboxylic acids is 3. The van der Waals surface area contributed by atoms with Gasteiger partial charge in [0.25, 0.3) is 0 Å². The van der Waals surface area contributed by atoms with Crippen molar-refractivity contribution in [3.63, 3.8) is 0 Å². The van der Waals surface area contributed by atoms with Crippen molar-refractivity contribution >= 4 is 17.9 Å². The van der Waals surface area contributed by atoms with E-state index in [1.54, 1.807) is 0 Å². The molecular weight excluding hydrogens is 757 g/mol. The second-order valence-corrected chi connectivity index (χ2v) is 17.8. The Labute approximate surface area is 378 Å². The first-order valence-electron chi connectivity index (χ1n) is 26.5. The van der Waals surface area contributed by atoms with E-state index in [1.807, 2.05) is 0 Å². The summed E-state index contributed by atoms with van der Waals surface area (Å²) >= 11 is 0. The van der Waals surface area contributed by atoms with Gasteiger partial charge in [-0.15, -0.1) is 0 Å². The average Bonchev–Trinajstić information content (AvgIpc) is 3.26. The molecule has 356 valence electrons. The minimum absolute atomic E-state index is 0.0761. The van der Waals surface area contributed by atoms with E-state index in [1.165, 1.54) is 161 Å². The molecule has 0 aliphatic carbocycles. The Morgan fingerprint density at radius 2 is 0.590 bits per heavy atom. The number of ether oxygens (including phenoxy) is 3. The molecule has 0 radical (unpaired) electrons. The fourth-order valence-corrected chi connectivity index (χ4v) is 7.59. The summed E-state index contributed by atoms with van der Waals surface area (Å²) in [6.07, 6.45) is 58.3. The van der Waals surface area contributed by atoms with E-state index in [4.69, 9.17) is 14.2 Å². The highest BCUT2D eigenvalue weighted by atomic mass is 16.6. The predicted molar refractivity (Wildman–Crippen MR) is 261 cm³/mol. The van der Waals surface area contributed by atoms with Gasteiger partial charge < -0.3 is 14.2 Å². The average molecular weight is 857 g/mol. The first-order valence-corrected chi connectivity index (χ1v) is 26.5. The van der Waals surface area contributed by atoms with Gasteiger partial charge in [0.2, 0.25) is 0 Å². The second-order valence-electron chi connectivity index (χ2n) is 17.8. The van der Waals surface area contributed by atoms with Crippen LogP contribution in [0.1, 0.15) is 278 Å². The first-order chi connectivity index (χ1) is 30.0. The second kappa shape index (κ2) is 50.3. The van der Waals surface area contributed by atoms with Crippen LogP contribution in [0.5, 0.6) is 0 Å². The quantitative estimate of drug-likeness (QED) is 0.0262. The summed E-state index contributed by atoms with van der Waals surface area (Å²) < 4.78 is 16.8. The van der Waals surface area contributed by atoms with Gasteiger partial charge >= 0.3 is 17.9 Å². The number of allylic oxidation sites excluding steroid dienone is 6. The Bertz CT molecular complexity index is 1030. The van der Waals surface area contributed by atoms with Crippen LogP contribution in [0.2, 0.25) is 0 Å². The molecule has 0 aromatic heterocycles. The molecule has 0 heterocycles. The lowest BCUT2D eigenvalue weighted by Gasteiger charge is -2.18. The topological polar surface area (TPSA) is 78.9 Å². The van der Waals surface area contributed by atoms with E-state index < -0.39 is 6.10 Å². The van der Waals surface area contributed by atoms with Crippen LogP contribution in [-0.2, 0) is 28.6 Å². The van der Waals surface area contributed by atoms with E-state index in [0.29, 0.717) is 19.3 Å². The summed E-state index contributed by atoms with van der Waals surface area (Å²) in [5.41, 5.74) is 0. The third-order valence-electron chi connectivity index (χ3n) is 11.6. The van der Waals surface area contributed by atoms with Crippen molar-refractivity contribution in [2.24, 2.45) is 0 Å². The molecule has 0 aromatic carbocycles. The summed E-state index contributed by atoms with van der Waals surface area (Å²) in [6.45, 7) is 6.60. The lowest BCUT2D eigenvalue weighted by Crippen LogP contribution is -2.30. The van der Waals surface area contributed by atoms with Crippen LogP contribution in [0, 0.1) is 0 Å². The third kappa shape index (κ3) is 48.5. The lowest BCUT2D eigenvalue weighted by atomic mass is 10.0. The van der Waals surface area contributed by atoms with Gasteiger partial charge in [-0.3, -0.25) is 14.4 Å². The van der Waals surface area contributed by atoms with Crippen molar-refractivity contribution in [1.82, 2.24) is 0 Å². The van der Waals surface area contributed by atoms with Gasteiger partial charge in [-0.2, -0.15) is 0 Å². The third-order valence-corrected chi connectivity index (χ3v) is 11.6. The van der Waals surface area contributed by atoms with E-state index in [0.717, 1.165) is 77.0 Å². The molecule has 0 rings (SSSR count). The van der Waals surface area contributed by atoms with Gasteiger partial charge in [-0.1, -0.05) is 218 Å². The van der Waals surface area contributed by atoms with E-state index in [9.17, 15) is 14.4 Å². The maximum Gasteiger partial charge on any atom is 0.306 e. The molecule has 0 saturated heterocycles. The fourth-order valence-electron chi connectivity index (χ4n) is 7.59. The minimum atomic E-state index is -0.775. The van der Waals surface area contributed by atoms with Gasteiger partial charge in [0, 0.05) is 19.3 Å². The number of hydrogen-bond donors (Lipinski definition) is 0. The molecule has 0 aromatic rings. The van der Waals surface area contributed by atoms with Gasteiger partial charge in [0.1, 0.15) is 13.2 Å². The van der Waals surface area contributed by atoms with Crippen LogP contribution in [0.25, 0.3) is 0 Å². The SMILES string of the molecule is CCCCC/C=C\C/C=C\CCCCCCCC(=O)OC[C@@H](COC(=O)CCCCCCCCC/C=C\CCCCCC)OC(=O)CCCCCCCCCCCCCCC. The van der Waals surface area contributed by atoms with Crippen molar-refractivity contribution in [2.75, 3.05) is 13.2 Å².